The number of carbonyl (C=O) groups is 7. The molecule has 69 heavy (non-hydrogen) atoms. The first kappa shape index (κ1) is 53.6. The van der Waals surface area contributed by atoms with Gasteiger partial charge in [-0.05, 0) is 91.4 Å². The van der Waals surface area contributed by atoms with E-state index in [0.29, 0.717) is 72.4 Å². The number of aromatic nitrogens is 3. The molecule has 0 spiro atoms. The molecule has 0 aliphatic carbocycles. The first-order valence-corrected chi connectivity index (χ1v) is 23.7. The molecule has 0 saturated carbocycles. The molecule has 3 aromatic rings. The van der Waals surface area contributed by atoms with Gasteiger partial charge in [0.25, 0.3) is 23.6 Å². The Bertz CT molecular complexity index is 2380. The van der Waals surface area contributed by atoms with E-state index in [2.05, 4.69) is 43.1 Å². The zero-order valence-electron chi connectivity index (χ0n) is 41.0. The fraction of sp³-hybridized carbons (Fsp3) is 0.553. The number of aryl methyl sites for hydroxylation is 1. The number of benzene rings is 1. The highest BCUT2D eigenvalue weighted by Crippen LogP contribution is 2.37. The van der Waals surface area contributed by atoms with Gasteiger partial charge in [0.15, 0.2) is 18.3 Å². The third-order valence-electron chi connectivity index (χ3n) is 11.4. The number of H-pyrrole nitrogens is 1. The highest BCUT2D eigenvalue weighted by atomic mass is 32.1. The van der Waals surface area contributed by atoms with Crippen LogP contribution < -0.4 is 25.0 Å². The summed E-state index contributed by atoms with van der Waals surface area (Å²) in [6.45, 7) is 21.5. The highest BCUT2D eigenvalue weighted by molar-refractivity contribution is 6.99. The lowest BCUT2D eigenvalue weighted by atomic mass is 10.0. The Morgan fingerprint density at radius 3 is 2.33 bits per heavy atom. The van der Waals surface area contributed by atoms with Crippen LogP contribution in [0.25, 0.3) is 11.6 Å². The third-order valence-corrected chi connectivity index (χ3v) is 11.9. The average Bonchev–Trinajstić information content (AvgIpc) is 3.98. The molecule has 2 aromatic heterocycles. The van der Waals surface area contributed by atoms with E-state index in [0.717, 1.165) is 31.4 Å². The van der Waals surface area contributed by atoms with Crippen LogP contribution in [-0.2, 0) is 47.7 Å². The summed E-state index contributed by atoms with van der Waals surface area (Å²) in [7, 11) is 0. The molecule has 5 rings (SSSR count). The molecule has 0 radical (unpaired) electrons. The number of nitrogens with one attached hydrogen (secondary N) is 3. The molecular formula is C47H64N8O13S. The minimum atomic E-state index is -1.44. The molecule has 376 valence electrons. The molecule has 1 fully saturated rings. The van der Waals surface area contributed by atoms with Gasteiger partial charge in [-0.1, -0.05) is 13.8 Å². The minimum absolute atomic E-state index is 0.114. The number of anilines is 2. The average molecular weight is 981 g/mol. The van der Waals surface area contributed by atoms with Crippen molar-refractivity contribution >= 4 is 76.5 Å². The van der Waals surface area contributed by atoms with Crippen LogP contribution in [0.3, 0.4) is 0 Å². The van der Waals surface area contributed by atoms with Crippen LogP contribution in [0.1, 0.15) is 101 Å². The molecule has 3 atom stereocenters. The molecule has 3 amide bonds. The van der Waals surface area contributed by atoms with E-state index in [9.17, 15) is 33.6 Å². The summed E-state index contributed by atoms with van der Waals surface area (Å²) < 4.78 is 42.0. The number of ether oxygens (including phenoxy) is 6. The van der Waals surface area contributed by atoms with Crippen molar-refractivity contribution in [2.24, 2.45) is 0 Å². The maximum Gasteiger partial charge on any atom is 0.347 e. The van der Waals surface area contributed by atoms with Gasteiger partial charge in [-0.25, -0.2) is 4.79 Å². The lowest BCUT2D eigenvalue weighted by Gasteiger charge is -2.39. The number of likely N-dealkylation sites (N-methyl/N-ethyl adjacent to an activating group) is 1. The largest absolute Gasteiger partial charge is 0.470 e. The van der Waals surface area contributed by atoms with Crippen LogP contribution >= 0.6 is 11.7 Å². The van der Waals surface area contributed by atoms with Gasteiger partial charge in [-0.15, -0.1) is 4.37 Å². The van der Waals surface area contributed by atoms with Crippen molar-refractivity contribution in [3.8, 4) is 11.6 Å². The maximum absolute atomic E-state index is 13.6. The zero-order chi connectivity index (χ0) is 50.6. The lowest BCUT2D eigenvalue weighted by molar-refractivity contribution is -0.174. The fourth-order valence-corrected chi connectivity index (χ4v) is 8.15. The number of rotatable bonds is 22. The second kappa shape index (κ2) is 24.2. The summed E-state index contributed by atoms with van der Waals surface area (Å²) in [5.41, 5.74) is 2.78. The predicted molar refractivity (Wildman–Crippen MR) is 255 cm³/mol. The van der Waals surface area contributed by atoms with E-state index in [4.69, 9.17) is 28.4 Å². The van der Waals surface area contributed by atoms with Crippen molar-refractivity contribution in [1.82, 2.24) is 28.8 Å². The van der Waals surface area contributed by atoms with Gasteiger partial charge in [0, 0.05) is 61.3 Å². The third kappa shape index (κ3) is 14.6. The van der Waals surface area contributed by atoms with E-state index in [-0.39, 0.29) is 42.2 Å². The van der Waals surface area contributed by atoms with Crippen LogP contribution in [0.15, 0.2) is 18.2 Å². The van der Waals surface area contributed by atoms with Gasteiger partial charge < -0.3 is 58.7 Å². The lowest BCUT2D eigenvalue weighted by Crippen LogP contribution is -2.54. The Kier molecular flexibility index (Phi) is 18.8. The number of carbonyl (C=O) groups excluding carboxylic acids is 7. The Hall–Kier alpha value is -6.39. The van der Waals surface area contributed by atoms with E-state index in [1.54, 1.807) is 46.8 Å². The monoisotopic (exact) mass is 980 g/mol. The normalized spacial score (nSPS) is 15.4. The topological polar surface area (TPSA) is 250 Å². The zero-order valence-corrected chi connectivity index (χ0v) is 41.8. The van der Waals surface area contributed by atoms with E-state index in [1.165, 1.54) is 37.8 Å². The van der Waals surface area contributed by atoms with Crippen molar-refractivity contribution in [3.05, 3.63) is 46.3 Å². The number of aromatic amines is 1. The van der Waals surface area contributed by atoms with Crippen molar-refractivity contribution < 1.29 is 62.0 Å². The smallest absolute Gasteiger partial charge is 0.347 e. The van der Waals surface area contributed by atoms with Gasteiger partial charge in [0.1, 0.15) is 12.4 Å². The molecule has 2 aliphatic rings. The molecule has 21 nitrogen and oxygen atoms in total. The number of amides is 3. The highest BCUT2D eigenvalue weighted by Gasteiger charge is 2.36. The molecule has 22 heteroatoms. The van der Waals surface area contributed by atoms with E-state index >= 15 is 0 Å². The molecule has 1 saturated heterocycles. The second-order valence-electron chi connectivity index (χ2n) is 17.5. The molecule has 2 unspecified atom stereocenters. The van der Waals surface area contributed by atoms with E-state index < -0.39 is 66.5 Å². The summed E-state index contributed by atoms with van der Waals surface area (Å²) in [4.78, 5) is 99.8. The molecular weight excluding hydrogens is 917 g/mol. The van der Waals surface area contributed by atoms with Gasteiger partial charge in [-0.3, -0.25) is 28.8 Å². The summed E-state index contributed by atoms with van der Waals surface area (Å²) in [6, 6.07) is 4.62. The summed E-state index contributed by atoms with van der Waals surface area (Å²) in [5, 5.41) is 5.78. The fourth-order valence-electron chi connectivity index (χ4n) is 7.63. The van der Waals surface area contributed by atoms with E-state index in [1.807, 2.05) is 4.90 Å². The number of hydrogen-bond donors (Lipinski definition) is 3. The maximum atomic E-state index is 13.6. The Labute approximate surface area is 405 Å². The van der Waals surface area contributed by atoms with Gasteiger partial charge in [0.2, 0.25) is 5.82 Å². The van der Waals surface area contributed by atoms with Crippen molar-refractivity contribution in [1.29, 1.82) is 0 Å². The van der Waals surface area contributed by atoms with Crippen LogP contribution in [0, 0.1) is 13.8 Å². The first-order valence-electron chi connectivity index (χ1n) is 22.9. The summed E-state index contributed by atoms with van der Waals surface area (Å²) in [6.07, 6.45) is -2.94. The molecule has 2 aliphatic heterocycles. The Balaban J connectivity index is 1.20. The number of esters is 4. The predicted octanol–water partition coefficient (Wildman–Crippen LogP) is 4.07. The quantitative estimate of drug-likeness (QED) is 0.0555. The molecule has 4 heterocycles. The molecule has 0 bridgehead atoms. The minimum Gasteiger partial charge on any atom is -0.470 e. The molecule has 3 N–H and O–H groups in total. The number of nitrogens with zero attached hydrogens (tertiary/aromatic N) is 5. The van der Waals surface area contributed by atoms with Gasteiger partial charge in [0.05, 0.1) is 55.5 Å². The molecule has 1 aromatic carbocycles. The second-order valence-corrected chi connectivity index (χ2v) is 18.0. The number of morpholine rings is 1. The van der Waals surface area contributed by atoms with Crippen LogP contribution in [0.5, 0.6) is 11.6 Å². The van der Waals surface area contributed by atoms with Crippen molar-refractivity contribution in [2.45, 2.75) is 106 Å². The first-order chi connectivity index (χ1) is 32.7. The van der Waals surface area contributed by atoms with Crippen LogP contribution in [0.4, 0.5) is 11.5 Å². The van der Waals surface area contributed by atoms with Crippen molar-refractivity contribution in [3.63, 3.8) is 0 Å². The number of fused-ring (bicyclic) bond motifs is 1. The summed E-state index contributed by atoms with van der Waals surface area (Å²) in [5.74, 6) is -3.63. The van der Waals surface area contributed by atoms with Gasteiger partial charge in [-0.2, -0.15) is 4.37 Å². The SMILES string of the molecule is CCN(CC)CCNC(=O)c1c(C)[nH]c(/C=C2\C(=O)Nc3ccc(OC(=O)CCC(=O)OC(C)C(=O)O[C@H](COc4nsnc4N4CCOCC4)CN(C(=O)C(C)OC(C)=O)C(C)(C)C)cc32)c1C. The van der Waals surface area contributed by atoms with Crippen LogP contribution in [0.2, 0.25) is 0 Å². The van der Waals surface area contributed by atoms with Crippen molar-refractivity contribution in [2.75, 3.05) is 75.9 Å². The van der Waals surface area contributed by atoms with Crippen LogP contribution in [-0.4, -0.2) is 155 Å². The Morgan fingerprint density at radius 1 is 0.971 bits per heavy atom. The summed E-state index contributed by atoms with van der Waals surface area (Å²) >= 11 is 0.939. The standard InChI is InChI=1S/C47H64N8O13S/c1-11-53(12-2)18-17-48-43(60)40-27(3)37(49-28(40)4)24-35-34-23-32(13-14-36(34)50-42(35)59)67-39(58)16-15-38(57)66-30(6)46(62)68-33(25-55(47(8,9)10)45(61)29(5)65-31(7)56)26-64-44-41(51-69-52-44)54-19-21-63-22-20-54/h13-14,23-24,29-30,33,49H,11-12,15-22,25-26H2,1-10H3,(H,48,60)(H,50,59)/b35-24-/t29?,30?,33-/m0/s1. The van der Waals surface area contributed by atoms with Gasteiger partial charge >= 0.3 is 23.9 Å². The Morgan fingerprint density at radius 2 is 1.67 bits per heavy atom. The number of hydrogen-bond acceptors (Lipinski definition) is 18.